The molecule has 1 aromatic heterocycles. The molecule has 2 aromatic rings. The molecule has 0 spiro atoms. The van der Waals surface area contributed by atoms with E-state index >= 15 is 0 Å². The van der Waals surface area contributed by atoms with Crippen LogP contribution >= 0.6 is 0 Å². The zero-order chi connectivity index (χ0) is 17.8. The molecule has 0 N–H and O–H groups in total. The highest BCUT2D eigenvalue weighted by Gasteiger charge is 2.24. The highest BCUT2D eigenvalue weighted by Crippen LogP contribution is 2.28. The van der Waals surface area contributed by atoms with E-state index in [0.29, 0.717) is 43.9 Å². The first-order valence-electron chi connectivity index (χ1n) is 8.31. The topological polar surface area (TPSA) is 58.6 Å². The zero-order valence-electron chi connectivity index (χ0n) is 14.4. The Morgan fingerprint density at radius 3 is 2.44 bits per heavy atom. The van der Waals surface area contributed by atoms with Crippen LogP contribution in [0.1, 0.15) is 13.3 Å². The Kier molecular flexibility index (Phi) is 5.11. The number of carbonyl (C=O) groups excluding carboxylic acids is 1. The van der Waals surface area contributed by atoms with Gasteiger partial charge in [0.25, 0.3) is 0 Å². The van der Waals surface area contributed by atoms with Crippen LogP contribution < -0.4 is 9.64 Å². The van der Waals surface area contributed by atoms with Crippen molar-refractivity contribution in [2.45, 2.75) is 13.3 Å². The standard InChI is InChI=1S/C18H21FN4O2/c1-3-15(24)22-8-10-23(11-9-22)18-16(19)17(20-12-21-18)13-4-6-14(25-2)7-5-13/h4-7,12H,3,8-11H2,1-2H3. The Morgan fingerprint density at radius 1 is 1.16 bits per heavy atom. The van der Waals surface area contributed by atoms with Crippen molar-refractivity contribution in [3.8, 4) is 17.0 Å². The summed E-state index contributed by atoms with van der Waals surface area (Å²) in [5, 5.41) is 0. The number of nitrogens with zero attached hydrogens (tertiary/aromatic N) is 4. The van der Waals surface area contributed by atoms with E-state index < -0.39 is 5.82 Å². The van der Waals surface area contributed by atoms with Gasteiger partial charge in [0.2, 0.25) is 5.91 Å². The number of methoxy groups -OCH3 is 1. The van der Waals surface area contributed by atoms with E-state index in [-0.39, 0.29) is 17.4 Å². The Bertz CT molecular complexity index is 743. The first-order valence-corrected chi connectivity index (χ1v) is 8.31. The number of ether oxygens (including phenoxy) is 1. The van der Waals surface area contributed by atoms with Gasteiger partial charge in [-0.15, -0.1) is 0 Å². The molecule has 25 heavy (non-hydrogen) atoms. The quantitative estimate of drug-likeness (QED) is 0.852. The smallest absolute Gasteiger partial charge is 0.222 e. The molecular weight excluding hydrogens is 323 g/mol. The minimum atomic E-state index is -0.442. The maximum Gasteiger partial charge on any atom is 0.222 e. The van der Waals surface area contributed by atoms with Crippen LogP contribution in [0, 0.1) is 5.82 Å². The van der Waals surface area contributed by atoms with Crippen molar-refractivity contribution in [2.75, 3.05) is 38.2 Å². The van der Waals surface area contributed by atoms with Crippen LogP contribution in [0.3, 0.4) is 0 Å². The van der Waals surface area contributed by atoms with Crippen LogP contribution in [-0.4, -0.2) is 54.1 Å². The summed E-state index contributed by atoms with van der Waals surface area (Å²) in [5.74, 6) is 0.671. The largest absolute Gasteiger partial charge is 0.497 e. The van der Waals surface area contributed by atoms with Gasteiger partial charge in [-0.3, -0.25) is 4.79 Å². The second-order valence-corrected chi connectivity index (χ2v) is 5.81. The fraction of sp³-hybridized carbons (Fsp3) is 0.389. The van der Waals surface area contributed by atoms with Gasteiger partial charge in [0.15, 0.2) is 11.6 Å². The molecule has 1 aliphatic heterocycles. The molecule has 1 aliphatic rings. The Labute approximate surface area is 146 Å². The van der Waals surface area contributed by atoms with E-state index in [4.69, 9.17) is 4.74 Å². The lowest BCUT2D eigenvalue weighted by molar-refractivity contribution is -0.131. The minimum Gasteiger partial charge on any atom is -0.497 e. The summed E-state index contributed by atoms with van der Waals surface area (Å²) in [6, 6.07) is 7.08. The Balaban J connectivity index is 1.81. The summed E-state index contributed by atoms with van der Waals surface area (Å²) in [6.45, 7) is 4.12. The summed E-state index contributed by atoms with van der Waals surface area (Å²) in [6.07, 6.45) is 1.87. The number of piperazine rings is 1. The highest BCUT2D eigenvalue weighted by atomic mass is 19.1. The molecule has 2 heterocycles. The molecule has 0 unspecified atom stereocenters. The monoisotopic (exact) mass is 344 g/mol. The van der Waals surface area contributed by atoms with Gasteiger partial charge in [0.05, 0.1) is 7.11 Å². The third-order valence-corrected chi connectivity index (χ3v) is 4.37. The second kappa shape index (κ2) is 7.46. The van der Waals surface area contributed by atoms with Gasteiger partial charge < -0.3 is 14.5 Å². The van der Waals surface area contributed by atoms with Gasteiger partial charge >= 0.3 is 0 Å². The Hall–Kier alpha value is -2.70. The van der Waals surface area contributed by atoms with E-state index in [0.717, 1.165) is 0 Å². The van der Waals surface area contributed by atoms with Crippen molar-refractivity contribution < 1.29 is 13.9 Å². The molecule has 3 rings (SSSR count). The summed E-state index contributed by atoms with van der Waals surface area (Å²) in [7, 11) is 1.58. The third kappa shape index (κ3) is 3.55. The zero-order valence-corrected chi connectivity index (χ0v) is 14.4. The number of rotatable bonds is 4. The number of hydrogen-bond donors (Lipinski definition) is 0. The number of aromatic nitrogens is 2. The molecule has 0 saturated carbocycles. The average molecular weight is 344 g/mol. The van der Waals surface area contributed by atoms with Crippen LogP contribution in [0.4, 0.5) is 10.2 Å². The lowest BCUT2D eigenvalue weighted by Crippen LogP contribution is -2.49. The number of halogens is 1. The molecule has 7 heteroatoms. The first-order chi connectivity index (χ1) is 12.1. The van der Waals surface area contributed by atoms with Crippen molar-refractivity contribution in [3.63, 3.8) is 0 Å². The third-order valence-electron chi connectivity index (χ3n) is 4.37. The van der Waals surface area contributed by atoms with Crippen LogP contribution in [0.5, 0.6) is 5.75 Å². The van der Waals surface area contributed by atoms with Gasteiger partial charge in [-0.2, -0.15) is 0 Å². The molecule has 0 aliphatic carbocycles. The van der Waals surface area contributed by atoms with Gasteiger partial charge in [-0.1, -0.05) is 6.92 Å². The average Bonchev–Trinajstić information content (AvgIpc) is 2.68. The van der Waals surface area contributed by atoms with Crippen LogP contribution in [0.15, 0.2) is 30.6 Å². The Morgan fingerprint density at radius 2 is 1.84 bits per heavy atom. The summed E-state index contributed by atoms with van der Waals surface area (Å²) < 4.78 is 20.1. The predicted octanol–water partition coefficient (Wildman–Crippen LogP) is 2.35. The van der Waals surface area contributed by atoms with Gasteiger partial charge in [0, 0.05) is 38.2 Å². The first kappa shape index (κ1) is 17.1. The van der Waals surface area contributed by atoms with Crippen molar-refractivity contribution in [2.24, 2.45) is 0 Å². The van der Waals surface area contributed by atoms with Gasteiger partial charge in [-0.25, -0.2) is 14.4 Å². The van der Waals surface area contributed by atoms with Crippen LogP contribution in [0.2, 0.25) is 0 Å². The minimum absolute atomic E-state index is 0.127. The van der Waals surface area contributed by atoms with Gasteiger partial charge in [0.1, 0.15) is 17.8 Å². The van der Waals surface area contributed by atoms with E-state index in [9.17, 15) is 9.18 Å². The van der Waals surface area contributed by atoms with E-state index in [1.165, 1.54) is 6.33 Å². The maximum atomic E-state index is 15.0. The van der Waals surface area contributed by atoms with Crippen LogP contribution in [0.25, 0.3) is 11.3 Å². The number of benzene rings is 1. The number of anilines is 1. The molecule has 1 fully saturated rings. The van der Waals surface area contributed by atoms with E-state index in [2.05, 4.69) is 9.97 Å². The van der Waals surface area contributed by atoms with Crippen molar-refractivity contribution in [1.29, 1.82) is 0 Å². The van der Waals surface area contributed by atoms with E-state index in [1.54, 1.807) is 36.3 Å². The molecule has 6 nitrogen and oxygen atoms in total. The number of carbonyl (C=O) groups is 1. The highest BCUT2D eigenvalue weighted by molar-refractivity contribution is 5.76. The molecule has 0 radical (unpaired) electrons. The number of hydrogen-bond acceptors (Lipinski definition) is 5. The predicted molar refractivity (Wildman–Crippen MR) is 93.1 cm³/mol. The number of amides is 1. The molecule has 1 aromatic carbocycles. The summed E-state index contributed by atoms with van der Waals surface area (Å²) in [4.78, 5) is 23.7. The molecule has 0 atom stereocenters. The summed E-state index contributed by atoms with van der Waals surface area (Å²) in [5.41, 5.74) is 0.932. The van der Waals surface area contributed by atoms with Crippen molar-refractivity contribution in [1.82, 2.24) is 14.9 Å². The molecule has 1 amide bonds. The van der Waals surface area contributed by atoms with Gasteiger partial charge in [-0.05, 0) is 24.3 Å². The van der Waals surface area contributed by atoms with Crippen molar-refractivity contribution >= 4 is 11.7 Å². The molecule has 0 bridgehead atoms. The SMILES string of the molecule is CCC(=O)N1CCN(c2ncnc(-c3ccc(OC)cc3)c2F)CC1. The van der Waals surface area contributed by atoms with Crippen LogP contribution in [-0.2, 0) is 4.79 Å². The fourth-order valence-electron chi connectivity index (χ4n) is 2.92. The lowest BCUT2D eigenvalue weighted by atomic mass is 10.1. The lowest BCUT2D eigenvalue weighted by Gasteiger charge is -2.35. The van der Waals surface area contributed by atoms with Crippen molar-refractivity contribution in [3.05, 3.63) is 36.4 Å². The normalized spacial score (nSPS) is 14.5. The molecule has 132 valence electrons. The molecule has 1 saturated heterocycles. The summed E-state index contributed by atoms with van der Waals surface area (Å²) >= 11 is 0. The molecular formula is C18H21FN4O2. The van der Waals surface area contributed by atoms with E-state index in [1.807, 2.05) is 11.8 Å². The maximum absolute atomic E-state index is 15.0. The second-order valence-electron chi connectivity index (χ2n) is 5.81. The fourth-order valence-corrected chi connectivity index (χ4v) is 2.92.